The summed E-state index contributed by atoms with van der Waals surface area (Å²) in [5.74, 6) is -0.226. The van der Waals surface area contributed by atoms with E-state index in [2.05, 4.69) is 25.7 Å². The second-order valence-electron chi connectivity index (χ2n) is 4.40. The van der Waals surface area contributed by atoms with Gasteiger partial charge in [0.25, 0.3) is 0 Å². The highest BCUT2D eigenvalue weighted by atomic mass is 16.4. The van der Waals surface area contributed by atoms with Crippen LogP contribution in [0.1, 0.15) is 37.6 Å². The molecule has 94 valence electrons. The van der Waals surface area contributed by atoms with Gasteiger partial charge < -0.3 is 10.0 Å². The van der Waals surface area contributed by atoms with Gasteiger partial charge in [0.05, 0.1) is 5.56 Å². The lowest BCUT2D eigenvalue weighted by atomic mass is 10.1. The van der Waals surface area contributed by atoms with Gasteiger partial charge >= 0.3 is 5.97 Å². The molecule has 3 heteroatoms. The molecule has 1 aromatic rings. The first-order valence-corrected chi connectivity index (χ1v) is 6.16. The molecule has 0 aromatic heterocycles. The summed E-state index contributed by atoms with van der Waals surface area (Å²) in [7, 11) is 0. The molecule has 3 nitrogen and oxygen atoms in total. The van der Waals surface area contributed by atoms with Crippen LogP contribution in [-0.4, -0.2) is 24.2 Å². The molecule has 17 heavy (non-hydrogen) atoms. The van der Waals surface area contributed by atoms with E-state index in [9.17, 15) is 4.79 Å². The highest BCUT2D eigenvalue weighted by Gasteiger charge is 2.09. The van der Waals surface area contributed by atoms with E-state index in [1.165, 1.54) is 0 Å². The van der Waals surface area contributed by atoms with Crippen molar-refractivity contribution in [2.75, 3.05) is 18.0 Å². The monoisotopic (exact) mass is 235 g/mol. The Bertz CT molecular complexity index is 359. The maximum Gasteiger partial charge on any atom is 0.335 e. The SMILES string of the molecule is CCC(C)CN(CC)c1ccc(C(=O)O)cc1. The molecular weight excluding hydrogens is 214 g/mol. The third kappa shape index (κ3) is 3.77. The van der Waals surface area contributed by atoms with Crippen molar-refractivity contribution >= 4 is 11.7 Å². The van der Waals surface area contributed by atoms with E-state index in [0.717, 1.165) is 25.2 Å². The maximum atomic E-state index is 10.8. The van der Waals surface area contributed by atoms with Gasteiger partial charge in [-0.25, -0.2) is 4.79 Å². The molecule has 0 bridgehead atoms. The van der Waals surface area contributed by atoms with Crippen LogP contribution in [0.4, 0.5) is 5.69 Å². The third-order valence-corrected chi connectivity index (χ3v) is 3.09. The maximum absolute atomic E-state index is 10.8. The smallest absolute Gasteiger partial charge is 0.335 e. The number of anilines is 1. The summed E-state index contributed by atoms with van der Waals surface area (Å²) in [5, 5.41) is 8.84. The number of carboxylic acid groups (broad SMARTS) is 1. The molecular formula is C14H21NO2. The molecule has 0 amide bonds. The predicted octanol–water partition coefficient (Wildman–Crippen LogP) is 3.26. The van der Waals surface area contributed by atoms with Crippen LogP contribution in [0, 0.1) is 5.92 Å². The molecule has 1 rings (SSSR count). The summed E-state index contributed by atoms with van der Waals surface area (Å²) < 4.78 is 0. The minimum absolute atomic E-state index is 0.341. The Hall–Kier alpha value is -1.51. The summed E-state index contributed by atoms with van der Waals surface area (Å²) in [6.45, 7) is 8.49. The van der Waals surface area contributed by atoms with Gasteiger partial charge in [0.1, 0.15) is 0 Å². The summed E-state index contributed by atoms with van der Waals surface area (Å²) in [4.78, 5) is 13.0. The van der Waals surface area contributed by atoms with Gasteiger partial charge in [0.2, 0.25) is 0 Å². The number of hydrogen-bond acceptors (Lipinski definition) is 2. The first-order valence-electron chi connectivity index (χ1n) is 6.16. The van der Waals surface area contributed by atoms with Gasteiger partial charge in [0, 0.05) is 18.8 Å². The molecule has 0 fully saturated rings. The third-order valence-electron chi connectivity index (χ3n) is 3.09. The average molecular weight is 235 g/mol. The van der Waals surface area contributed by atoms with E-state index < -0.39 is 5.97 Å². The Balaban J connectivity index is 2.78. The van der Waals surface area contributed by atoms with E-state index in [1.807, 2.05) is 12.1 Å². The molecule has 0 aliphatic carbocycles. The summed E-state index contributed by atoms with van der Waals surface area (Å²) in [6, 6.07) is 7.10. The van der Waals surface area contributed by atoms with Crippen LogP contribution in [0.5, 0.6) is 0 Å². The largest absolute Gasteiger partial charge is 0.478 e. The minimum Gasteiger partial charge on any atom is -0.478 e. The second-order valence-corrected chi connectivity index (χ2v) is 4.40. The van der Waals surface area contributed by atoms with Gasteiger partial charge in [0.15, 0.2) is 0 Å². The van der Waals surface area contributed by atoms with Gasteiger partial charge in [-0.05, 0) is 37.1 Å². The number of benzene rings is 1. The molecule has 0 aliphatic heterocycles. The van der Waals surface area contributed by atoms with Crippen molar-refractivity contribution < 1.29 is 9.90 Å². The molecule has 0 saturated carbocycles. The molecule has 0 aliphatic rings. The zero-order valence-electron chi connectivity index (χ0n) is 10.8. The molecule has 1 unspecified atom stereocenters. The summed E-state index contributed by atoms with van der Waals surface area (Å²) in [5.41, 5.74) is 1.44. The molecule has 0 spiro atoms. The first-order chi connectivity index (χ1) is 8.08. The van der Waals surface area contributed by atoms with E-state index in [4.69, 9.17) is 5.11 Å². The minimum atomic E-state index is -0.874. The van der Waals surface area contributed by atoms with E-state index in [0.29, 0.717) is 11.5 Å². The van der Waals surface area contributed by atoms with Crippen molar-refractivity contribution in [3.8, 4) is 0 Å². The number of carbonyl (C=O) groups is 1. The lowest BCUT2D eigenvalue weighted by molar-refractivity contribution is 0.0697. The van der Waals surface area contributed by atoms with Gasteiger partial charge in [-0.15, -0.1) is 0 Å². The van der Waals surface area contributed by atoms with Crippen LogP contribution in [0.15, 0.2) is 24.3 Å². The van der Waals surface area contributed by atoms with Crippen LogP contribution in [0.3, 0.4) is 0 Å². The normalized spacial score (nSPS) is 12.2. The topological polar surface area (TPSA) is 40.5 Å². The van der Waals surface area contributed by atoms with Crippen LogP contribution < -0.4 is 4.90 Å². The van der Waals surface area contributed by atoms with Crippen molar-refractivity contribution in [2.24, 2.45) is 5.92 Å². The van der Waals surface area contributed by atoms with Gasteiger partial charge in [-0.2, -0.15) is 0 Å². The van der Waals surface area contributed by atoms with Crippen LogP contribution >= 0.6 is 0 Å². The summed E-state index contributed by atoms with van der Waals surface area (Å²) >= 11 is 0. The molecule has 1 aromatic carbocycles. The van der Waals surface area contributed by atoms with Crippen molar-refractivity contribution in [1.82, 2.24) is 0 Å². The number of hydrogen-bond donors (Lipinski definition) is 1. The molecule has 0 heterocycles. The number of carboxylic acids is 1. The quantitative estimate of drug-likeness (QED) is 0.822. The van der Waals surface area contributed by atoms with E-state index >= 15 is 0 Å². The molecule has 0 radical (unpaired) electrons. The second kappa shape index (κ2) is 6.28. The highest BCUT2D eigenvalue weighted by molar-refractivity contribution is 5.88. The fourth-order valence-electron chi connectivity index (χ4n) is 1.74. The summed E-state index contributed by atoms with van der Waals surface area (Å²) in [6.07, 6.45) is 1.16. The highest BCUT2D eigenvalue weighted by Crippen LogP contribution is 2.17. The molecule has 1 N–H and O–H groups in total. The van der Waals surface area contributed by atoms with Gasteiger partial charge in [-0.3, -0.25) is 0 Å². The fraction of sp³-hybridized carbons (Fsp3) is 0.500. The number of nitrogens with zero attached hydrogens (tertiary/aromatic N) is 1. The van der Waals surface area contributed by atoms with Gasteiger partial charge in [-0.1, -0.05) is 20.3 Å². The standard InChI is InChI=1S/C14H21NO2/c1-4-11(3)10-15(5-2)13-8-6-12(7-9-13)14(16)17/h6-9,11H,4-5,10H2,1-3H3,(H,16,17). The molecule has 0 saturated heterocycles. The Kier molecular flexibility index (Phi) is 5.01. The Labute approximate surface area is 103 Å². The first kappa shape index (κ1) is 13.6. The predicted molar refractivity (Wildman–Crippen MR) is 70.7 cm³/mol. The van der Waals surface area contributed by atoms with Crippen LogP contribution in [-0.2, 0) is 0 Å². The fourth-order valence-corrected chi connectivity index (χ4v) is 1.74. The zero-order valence-corrected chi connectivity index (χ0v) is 10.8. The van der Waals surface area contributed by atoms with Crippen molar-refractivity contribution in [1.29, 1.82) is 0 Å². The van der Waals surface area contributed by atoms with Crippen LogP contribution in [0.25, 0.3) is 0 Å². The van der Waals surface area contributed by atoms with Crippen molar-refractivity contribution in [3.05, 3.63) is 29.8 Å². The average Bonchev–Trinajstić information content (AvgIpc) is 2.35. The lowest BCUT2D eigenvalue weighted by Gasteiger charge is -2.26. The Morgan fingerprint density at radius 1 is 1.29 bits per heavy atom. The van der Waals surface area contributed by atoms with Crippen molar-refractivity contribution in [3.63, 3.8) is 0 Å². The van der Waals surface area contributed by atoms with E-state index in [1.54, 1.807) is 12.1 Å². The zero-order chi connectivity index (χ0) is 12.8. The molecule has 1 atom stereocenters. The number of rotatable bonds is 6. The van der Waals surface area contributed by atoms with E-state index in [-0.39, 0.29) is 0 Å². The number of aromatic carboxylic acids is 1. The van der Waals surface area contributed by atoms with Crippen molar-refractivity contribution in [2.45, 2.75) is 27.2 Å². The Morgan fingerprint density at radius 3 is 2.29 bits per heavy atom. The van der Waals surface area contributed by atoms with Crippen LogP contribution in [0.2, 0.25) is 0 Å². The lowest BCUT2D eigenvalue weighted by Crippen LogP contribution is -2.27. The Morgan fingerprint density at radius 2 is 1.88 bits per heavy atom.